The van der Waals surface area contributed by atoms with Gasteiger partial charge in [-0.1, -0.05) is 6.07 Å². The Balaban J connectivity index is 1.05. The molecule has 0 bridgehead atoms. The van der Waals surface area contributed by atoms with Crippen molar-refractivity contribution in [1.82, 2.24) is 20.3 Å². The average Bonchev–Trinajstić information content (AvgIpc) is 3.42. The maximum absolute atomic E-state index is 12.5. The van der Waals surface area contributed by atoms with E-state index in [1.807, 2.05) is 12.3 Å². The van der Waals surface area contributed by atoms with Gasteiger partial charge in [-0.25, -0.2) is 9.97 Å². The fraction of sp³-hybridized carbons (Fsp3) is 0.500. The summed E-state index contributed by atoms with van der Waals surface area (Å²) >= 11 is 3.28. The highest BCUT2D eigenvalue weighted by Gasteiger charge is 2.21. The van der Waals surface area contributed by atoms with E-state index in [0.717, 1.165) is 53.9 Å². The predicted octanol–water partition coefficient (Wildman–Crippen LogP) is 3.80. The molecule has 2 N–H and O–H groups in total. The number of aromatic amines is 1. The number of carbonyl (C=O) groups is 1. The van der Waals surface area contributed by atoms with Gasteiger partial charge in [-0.3, -0.25) is 9.59 Å². The molecule has 0 atom stereocenters. The molecule has 1 saturated heterocycles. The van der Waals surface area contributed by atoms with Crippen LogP contribution in [0.3, 0.4) is 0 Å². The van der Waals surface area contributed by atoms with Crippen LogP contribution >= 0.6 is 23.1 Å². The Hall–Kier alpha value is -2.39. The Morgan fingerprint density at radius 1 is 1.18 bits per heavy atom. The monoisotopic (exact) mass is 483 g/mol. The molecule has 1 fully saturated rings. The van der Waals surface area contributed by atoms with Crippen LogP contribution in [0.2, 0.25) is 0 Å². The number of nitrogens with zero attached hydrogens (tertiary/aromatic N) is 3. The predicted molar refractivity (Wildman–Crippen MR) is 135 cm³/mol. The number of amides is 1. The van der Waals surface area contributed by atoms with Crippen molar-refractivity contribution in [2.24, 2.45) is 0 Å². The summed E-state index contributed by atoms with van der Waals surface area (Å²) in [5.74, 6) is 3.02. The van der Waals surface area contributed by atoms with E-state index in [1.165, 1.54) is 29.7 Å². The van der Waals surface area contributed by atoms with Crippen molar-refractivity contribution >= 4 is 45.0 Å². The highest BCUT2D eigenvalue weighted by atomic mass is 32.2. The van der Waals surface area contributed by atoms with Crippen molar-refractivity contribution in [3.05, 3.63) is 50.5 Å². The molecule has 1 amide bonds. The van der Waals surface area contributed by atoms with Crippen LogP contribution in [0, 0.1) is 0 Å². The summed E-state index contributed by atoms with van der Waals surface area (Å²) in [6.07, 6.45) is 9.24. The summed E-state index contributed by atoms with van der Waals surface area (Å²) in [6, 6.07) is 4.10. The highest BCUT2D eigenvalue weighted by Crippen LogP contribution is 2.34. The third kappa shape index (κ3) is 5.24. The minimum Gasteiger partial charge on any atom is -0.357 e. The summed E-state index contributed by atoms with van der Waals surface area (Å²) < 4.78 is 0. The number of H-pyrrole nitrogens is 1. The maximum Gasteiger partial charge on any atom is 0.259 e. The summed E-state index contributed by atoms with van der Waals surface area (Å²) in [5.41, 5.74) is 2.19. The maximum atomic E-state index is 12.5. The topological polar surface area (TPSA) is 91.0 Å². The lowest BCUT2D eigenvalue weighted by atomic mass is 10.1. The van der Waals surface area contributed by atoms with E-state index < -0.39 is 0 Å². The molecule has 3 aromatic rings. The highest BCUT2D eigenvalue weighted by molar-refractivity contribution is 7.98. The van der Waals surface area contributed by atoms with Gasteiger partial charge in [-0.15, -0.1) is 11.3 Å². The molecule has 0 radical (unpaired) electrons. The number of anilines is 1. The first-order chi connectivity index (χ1) is 16.2. The Morgan fingerprint density at radius 3 is 2.88 bits per heavy atom. The van der Waals surface area contributed by atoms with E-state index in [4.69, 9.17) is 0 Å². The van der Waals surface area contributed by atoms with E-state index in [-0.39, 0.29) is 11.5 Å². The van der Waals surface area contributed by atoms with E-state index in [1.54, 1.807) is 23.1 Å². The van der Waals surface area contributed by atoms with Crippen molar-refractivity contribution in [3.8, 4) is 0 Å². The van der Waals surface area contributed by atoms with Crippen molar-refractivity contribution < 1.29 is 4.79 Å². The number of thioether (sulfide) groups is 1. The van der Waals surface area contributed by atoms with Gasteiger partial charge in [0.1, 0.15) is 16.5 Å². The molecule has 0 spiro atoms. The number of carbonyl (C=O) groups excluding carboxylic acids is 1. The number of thiophene rings is 1. The number of piperidine rings is 1. The van der Waals surface area contributed by atoms with E-state index in [9.17, 15) is 9.59 Å². The SMILES string of the molecule is O=C(CCSCc1nc2sc3c(c2c(=O)[nH]1)CCC3)NCc1ccc(N2CCCCC2)nc1. The number of hydrogen-bond acceptors (Lipinski definition) is 7. The van der Waals surface area contributed by atoms with Gasteiger partial charge in [0, 0.05) is 42.9 Å². The minimum absolute atomic E-state index is 0.0207. The van der Waals surface area contributed by atoms with Gasteiger partial charge in [0.15, 0.2) is 0 Å². The van der Waals surface area contributed by atoms with Crippen LogP contribution < -0.4 is 15.8 Å². The molecule has 33 heavy (non-hydrogen) atoms. The van der Waals surface area contributed by atoms with E-state index >= 15 is 0 Å². The van der Waals surface area contributed by atoms with Crippen LogP contribution in [0.25, 0.3) is 10.2 Å². The standard InChI is InChI=1S/C24H29N5O2S2/c30-21(26-14-16-7-8-20(25-13-16)29-10-2-1-3-11-29)9-12-32-15-19-27-23(31)22-17-5-4-6-18(17)33-24(22)28-19/h7-8,13H,1-6,9-12,14-15H2,(H,26,30)(H,27,28,31). The third-order valence-corrected chi connectivity index (χ3v) is 8.47. The minimum atomic E-state index is -0.0207. The normalized spacial score (nSPS) is 15.7. The molecule has 0 saturated carbocycles. The van der Waals surface area contributed by atoms with Crippen molar-refractivity contribution in [2.45, 2.75) is 57.2 Å². The van der Waals surface area contributed by atoms with Crippen molar-refractivity contribution in [1.29, 1.82) is 0 Å². The molecule has 1 aliphatic heterocycles. The second kappa shape index (κ2) is 10.3. The van der Waals surface area contributed by atoms with Gasteiger partial charge in [-0.2, -0.15) is 11.8 Å². The molecular formula is C24H29N5O2S2. The molecular weight excluding hydrogens is 454 g/mol. The first-order valence-corrected chi connectivity index (χ1v) is 13.7. The first-order valence-electron chi connectivity index (χ1n) is 11.7. The molecule has 0 unspecified atom stereocenters. The smallest absolute Gasteiger partial charge is 0.259 e. The molecule has 3 aromatic heterocycles. The molecule has 9 heteroatoms. The zero-order valence-corrected chi connectivity index (χ0v) is 20.3. The molecule has 5 rings (SSSR count). The Bertz CT molecular complexity index is 1180. The van der Waals surface area contributed by atoms with Crippen LogP contribution in [0.15, 0.2) is 23.1 Å². The molecule has 174 valence electrons. The molecule has 4 heterocycles. The lowest BCUT2D eigenvalue weighted by Crippen LogP contribution is -2.30. The van der Waals surface area contributed by atoms with Gasteiger partial charge in [0.25, 0.3) is 5.56 Å². The molecule has 2 aliphatic rings. The van der Waals surface area contributed by atoms with Gasteiger partial charge < -0.3 is 15.2 Å². The first kappa shape index (κ1) is 22.4. The van der Waals surface area contributed by atoms with Crippen LogP contribution in [0.5, 0.6) is 0 Å². The van der Waals surface area contributed by atoms with Gasteiger partial charge >= 0.3 is 0 Å². The number of pyridine rings is 1. The number of nitrogens with one attached hydrogen (secondary N) is 2. The summed E-state index contributed by atoms with van der Waals surface area (Å²) in [6.45, 7) is 2.65. The van der Waals surface area contributed by atoms with Crippen LogP contribution in [0.1, 0.15) is 53.9 Å². The fourth-order valence-electron chi connectivity index (χ4n) is 4.57. The lowest BCUT2D eigenvalue weighted by Gasteiger charge is -2.27. The second-order valence-electron chi connectivity index (χ2n) is 8.70. The average molecular weight is 484 g/mol. The van der Waals surface area contributed by atoms with Gasteiger partial charge in [0.2, 0.25) is 5.91 Å². The molecule has 0 aromatic carbocycles. The van der Waals surface area contributed by atoms with Gasteiger partial charge in [-0.05, 0) is 55.7 Å². The van der Waals surface area contributed by atoms with E-state index in [0.29, 0.717) is 30.3 Å². The quantitative estimate of drug-likeness (QED) is 0.474. The Morgan fingerprint density at radius 2 is 2.06 bits per heavy atom. The largest absolute Gasteiger partial charge is 0.357 e. The lowest BCUT2D eigenvalue weighted by molar-refractivity contribution is -0.120. The van der Waals surface area contributed by atoms with Crippen LogP contribution in [0.4, 0.5) is 5.82 Å². The number of hydrogen-bond donors (Lipinski definition) is 2. The zero-order chi connectivity index (χ0) is 22.6. The Kier molecular flexibility index (Phi) is 6.96. The van der Waals surface area contributed by atoms with Crippen molar-refractivity contribution in [3.63, 3.8) is 0 Å². The van der Waals surface area contributed by atoms with Gasteiger partial charge in [0.05, 0.1) is 11.1 Å². The zero-order valence-electron chi connectivity index (χ0n) is 18.7. The summed E-state index contributed by atoms with van der Waals surface area (Å²) in [7, 11) is 0. The fourth-order valence-corrected chi connectivity index (χ4v) is 6.65. The molecule has 7 nitrogen and oxygen atoms in total. The van der Waals surface area contributed by atoms with E-state index in [2.05, 4.69) is 31.2 Å². The summed E-state index contributed by atoms with van der Waals surface area (Å²) in [4.78, 5) is 41.4. The van der Waals surface area contributed by atoms with Crippen LogP contribution in [-0.4, -0.2) is 39.7 Å². The number of aromatic nitrogens is 3. The van der Waals surface area contributed by atoms with Crippen LogP contribution in [-0.2, 0) is 29.9 Å². The number of aryl methyl sites for hydroxylation is 2. The number of rotatable bonds is 8. The molecule has 1 aliphatic carbocycles. The Labute approximate surface area is 201 Å². The third-order valence-electron chi connectivity index (χ3n) is 6.32. The number of fused-ring (bicyclic) bond motifs is 3. The van der Waals surface area contributed by atoms with Crippen molar-refractivity contribution in [2.75, 3.05) is 23.7 Å². The summed E-state index contributed by atoms with van der Waals surface area (Å²) in [5, 5.41) is 3.76. The second-order valence-corrected chi connectivity index (χ2v) is 10.9.